The van der Waals surface area contributed by atoms with Gasteiger partial charge in [-0.25, -0.2) is 4.79 Å². The maximum absolute atomic E-state index is 13.3. The molecule has 2 N–H and O–H groups in total. The summed E-state index contributed by atoms with van der Waals surface area (Å²) in [5.74, 6) is -1.58. The predicted octanol–water partition coefficient (Wildman–Crippen LogP) is 8.49. The fourth-order valence-corrected chi connectivity index (χ4v) is 5.38. The number of anilines is 1. The van der Waals surface area contributed by atoms with Crippen LogP contribution in [0.15, 0.2) is 66.7 Å². The van der Waals surface area contributed by atoms with Gasteiger partial charge in [0.25, 0.3) is 5.91 Å². The number of carbonyl (C=O) groups excluding carboxylic acids is 1. The van der Waals surface area contributed by atoms with E-state index in [1.807, 2.05) is 18.2 Å². The predicted molar refractivity (Wildman–Crippen MR) is 142 cm³/mol. The number of amides is 1. The SMILES string of the molecule is O=C(O)c1cc(Cl)ccc1-c1ccc(Cl)cc1C(=O)Nc1ccc2c(c1)Cc1cc(Cl)cc(Cl)c1-2. The number of halogens is 4. The molecule has 174 valence electrons. The summed E-state index contributed by atoms with van der Waals surface area (Å²) < 4.78 is 0. The second kappa shape index (κ2) is 9.21. The monoisotopic (exact) mass is 541 g/mol. The van der Waals surface area contributed by atoms with E-state index in [2.05, 4.69) is 5.32 Å². The van der Waals surface area contributed by atoms with Crippen molar-refractivity contribution in [2.24, 2.45) is 0 Å². The summed E-state index contributed by atoms with van der Waals surface area (Å²) in [7, 11) is 0. The quantitative estimate of drug-likeness (QED) is 0.239. The number of carbonyl (C=O) groups is 2. The molecule has 0 saturated carbocycles. The average Bonchev–Trinajstić information content (AvgIpc) is 3.16. The molecule has 0 saturated heterocycles. The van der Waals surface area contributed by atoms with Crippen molar-refractivity contribution in [3.05, 3.63) is 109 Å². The Kier molecular flexibility index (Phi) is 6.24. The van der Waals surface area contributed by atoms with Crippen molar-refractivity contribution in [3.63, 3.8) is 0 Å². The van der Waals surface area contributed by atoms with Gasteiger partial charge < -0.3 is 10.4 Å². The Hall–Kier alpha value is -3.02. The lowest BCUT2D eigenvalue weighted by molar-refractivity contribution is 0.0697. The summed E-state index contributed by atoms with van der Waals surface area (Å²) in [5, 5.41) is 14.4. The van der Waals surface area contributed by atoms with Crippen molar-refractivity contribution in [3.8, 4) is 22.3 Å². The van der Waals surface area contributed by atoms with E-state index in [1.165, 1.54) is 12.1 Å². The van der Waals surface area contributed by atoms with Gasteiger partial charge in [-0.3, -0.25) is 4.79 Å². The lowest BCUT2D eigenvalue weighted by atomic mass is 9.95. The molecule has 1 aliphatic carbocycles. The van der Waals surface area contributed by atoms with Crippen LogP contribution in [0.25, 0.3) is 22.3 Å². The molecule has 8 heteroatoms. The van der Waals surface area contributed by atoms with Gasteiger partial charge in [0, 0.05) is 31.9 Å². The van der Waals surface area contributed by atoms with E-state index in [9.17, 15) is 14.7 Å². The van der Waals surface area contributed by atoms with Gasteiger partial charge in [0.2, 0.25) is 0 Å². The van der Waals surface area contributed by atoms with Crippen LogP contribution in [0.2, 0.25) is 20.1 Å². The van der Waals surface area contributed by atoms with Gasteiger partial charge in [0.05, 0.1) is 10.6 Å². The number of rotatable bonds is 4. The number of nitrogens with one attached hydrogen (secondary N) is 1. The third-order valence-corrected chi connectivity index (χ3v) is 6.86. The standard InChI is InChI=1S/C27H15Cl4NO3/c28-15-1-4-20(21-5-2-16(29)11-23(21)27(34)35)22(10-15)26(33)32-18-3-6-19-13(9-18)7-14-8-17(30)12-24(31)25(14)19/h1-6,8-12H,7H2,(H,32,33)(H,34,35). The first-order chi connectivity index (χ1) is 16.7. The Balaban J connectivity index is 1.50. The highest BCUT2D eigenvalue weighted by Crippen LogP contribution is 2.43. The summed E-state index contributed by atoms with van der Waals surface area (Å²) in [4.78, 5) is 25.2. The van der Waals surface area contributed by atoms with Crippen molar-refractivity contribution < 1.29 is 14.7 Å². The Morgan fingerprint density at radius 1 is 0.686 bits per heavy atom. The van der Waals surface area contributed by atoms with Crippen molar-refractivity contribution in [2.45, 2.75) is 6.42 Å². The van der Waals surface area contributed by atoms with Gasteiger partial charge in [0.15, 0.2) is 0 Å². The van der Waals surface area contributed by atoms with Crippen molar-refractivity contribution in [1.82, 2.24) is 0 Å². The third kappa shape index (κ3) is 4.51. The zero-order valence-corrected chi connectivity index (χ0v) is 20.9. The molecule has 1 amide bonds. The minimum absolute atomic E-state index is 0.0142. The molecular formula is C27H15Cl4NO3. The maximum Gasteiger partial charge on any atom is 0.336 e. The van der Waals surface area contributed by atoms with Crippen LogP contribution in [0.1, 0.15) is 31.8 Å². The molecule has 0 unspecified atom stereocenters. The Morgan fingerprint density at radius 3 is 2.00 bits per heavy atom. The first kappa shape index (κ1) is 23.7. The minimum atomic E-state index is -1.15. The molecule has 4 aromatic rings. The fourth-order valence-electron chi connectivity index (χ4n) is 4.40. The van der Waals surface area contributed by atoms with Crippen LogP contribution >= 0.6 is 46.4 Å². The van der Waals surface area contributed by atoms with Crippen LogP contribution in [-0.2, 0) is 6.42 Å². The first-order valence-electron chi connectivity index (χ1n) is 10.5. The minimum Gasteiger partial charge on any atom is -0.478 e. The summed E-state index contributed by atoms with van der Waals surface area (Å²) in [6, 6.07) is 18.5. The number of benzene rings is 4. The van der Waals surface area contributed by atoms with Crippen LogP contribution < -0.4 is 5.32 Å². The number of hydrogen-bond donors (Lipinski definition) is 2. The van der Waals surface area contributed by atoms with Gasteiger partial charge in [0.1, 0.15) is 0 Å². The fraction of sp³-hybridized carbons (Fsp3) is 0.0370. The first-order valence-corrected chi connectivity index (χ1v) is 12.0. The largest absolute Gasteiger partial charge is 0.478 e. The highest BCUT2D eigenvalue weighted by molar-refractivity contribution is 6.37. The molecule has 0 bridgehead atoms. The normalized spacial score (nSPS) is 11.7. The Bertz CT molecular complexity index is 1550. The van der Waals surface area contributed by atoms with E-state index in [0.29, 0.717) is 38.3 Å². The number of carboxylic acid groups (broad SMARTS) is 1. The lowest BCUT2D eigenvalue weighted by Gasteiger charge is -2.14. The molecule has 4 nitrogen and oxygen atoms in total. The van der Waals surface area contributed by atoms with Gasteiger partial charge in [-0.05, 0) is 82.8 Å². The maximum atomic E-state index is 13.3. The number of hydrogen-bond acceptors (Lipinski definition) is 2. The van der Waals surface area contributed by atoms with Crippen molar-refractivity contribution in [1.29, 1.82) is 0 Å². The highest BCUT2D eigenvalue weighted by Gasteiger charge is 2.23. The molecule has 35 heavy (non-hydrogen) atoms. The lowest BCUT2D eigenvalue weighted by Crippen LogP contribution is -2.14. The Morgan fingerprint density at radius 2 is 1.31 bits per heavy atom. The second-order valence-corrected chi connectivity index (χ2v) is 9.83. The van der Waals surface area contributed by atoms with Crippen LogP contribution in [-0.4, -0.2) is 17.0 Å². The van der Waals surface area contributed by atoms with E-state index < -0.39 is 11.9 Å². The zero-order valence-electron chi connectivity index (χ0n) is 17.8. The smallest absolute Gasteiger partial charge is 0.336 e. The molecule has 0 aromatic heterocycles. The van der Waals surface area contributed by atoms with Gasteiger partial charge in [-0.1, -0.05) is 64.6 Å². The zero-order chi connectivity index (χ0) is 24.9. The number of carboxylic acids is 1. The molecular weight excluding hydrogens is 528 g/mol. The number of fused-ring (bicyclic) bond motifs is 3. The van der Waals surface area contributed by atoms with Crippen LogP contribution in [0.5, 0.6) is 0 Å². The molecule has 0 spiro atoms. The molecule has 0 radical (unpaired) electrons. The third-order valence-electron chi connectivity index (χ3n) is 5.88. The summed E-state index contributed by atoms with van der Waals surface area (Å²) >= 11 is 24.8. The molecule has 0 heterocycles. The molecule has 0 aliphatic heterocycles. The van der Waals surface area contributed by atoms with Gasteiger partial charge in [-0.15, -0.1) is 0 Å². The molecule has 0 fully saturated rings. The van der Waals surface area contributed by atoms with E-state index in [-0.39, 0.29) is 16.1 Å². The average molecular weight is 543 g/mol. The molecule has 4 aromatic carbocycles. The number of aromatic carboxylic acids is 1. The van der Waals surface area contributed by atoms with Crippen LogP contribution in [0.3, 0.4) is 0 Å². The Labute approximate surface area is 221 Å². The molecule has 5 rings (SSSR count). The van der Waals surface area contributed by atoms with Crippen LogP contribution in [0.4, 0.5) is 5.69 Å². The van der Waals surface area contributed by atoms with Crippen LogP contribution in [0, 0.1) is 0 Å². The second-order valence-electron chi connectivity index (χ2n) is 8.11. The van der Waals surface area contributed by atoms with E-state index in [1.54, 1.807) is 36.4 Å². The topological polar surface area (TPSA) is 66.4 Å². The summed E-state index contributed by atoms with van der Waals surface area (Å²) in [5.41, 5.74) is 5.59. The molecule has 0 atom stereocenters. The van der Waals surface area contributed by atoms with Gasteiger partial charge >= 0.3 is 5.97 Å². The van der Waals surface area contributed by atoms with Crippen molar-refractivity contribution >= 4 is 64.0 Å². The summed E-state index contributed by atoms with van der Waals surface area (Å²) in [6.07, 6.45) is 0.643. The van der Waals surface area contributed by atoms with E-state index in [4.69, 9.17) is 46.4 Å². The van der Waals surface area contributed by atoms with E-state index in [0.717, 1.165) is 22.3 Å². The highest BCUT2D eigenvalue weighted by atomic mass is 35.5. The van der Waals surface area contributed by atoms with E-state index >= 15 is 0 Å². The van der Waals surface area contributed by atoms with Gasteiger partial charge in [-0.2, -0.15) is 0 Å². The molecule has 1 aliphatic rings. The summed E-state index contributed by atoms with van der Waals surface area (Å²) in [6.45, 7) is 0. The van der Waals surface area contributed by atoms with Crippen molar-refractivity contribution in [2.75, 3.05) is 5.32 Å².